The highest BCUT2D eigenvalue weighted by Crippen LogP contribution is 2.34. The van der Waals surface area contributed by atoms with Gasteiger partial charge in [0.1, 0.15) is 11.9 Å². The molecule has 0 bridgehead atoms. The van der Waals surface area contributed by atoms with E-state index in [0.29, 0.717) is 16.1 Å². The number of morpholine rings is 1. The zero-order valence-corrected chi connectivity index (χ0v) is 15.0. The first kappa shape index (κ1) is 17.3. The third kappa shape index (κ3) is 4.52. The first-order chi connectivity index (χ1) is 11.1. The quantitative estimate of drug-likeness (QED) is 0.896. The van der Waals surface area contributed by atoms with Gasteiger partial charge < -0.3 is 19.7 Å². The molecule has 2 saturated heterocycles. The Bertz CT molecular complexity index is 528. The highest BCUT2D eigenvalue weighted by Gasteiger charge is 2.24. The molecule has 2 fully saturated rings. The van der Waals surface area contributed by atoms with Crippen LogP contribution in [0.15, 0.2) is 12.1 Å². The minimum Gasteiger partial charge on any atom is -0.489 e. The van der Waals surface area contributed by atoms with Crippen molar-refractivity contribution in [2.45, 2.75) is 32.0 Å². The summed E-state index contributed by atoms with van der Waals surface area (Å²) in [6.07, 6.45) is 2.56. The third-order valence-corrected chi connectivity index (χ3v) is 5.46. The monoisotopic (exact) mass is 358 g/mol. The number of likely N-dealkylation sites (tertiary alicyclic amines) is 1. The Kier molecular flexibility index (Phi) is 6.05. The van der Waals surface area contributed by atoms with Gasteiger partial charge in [0.25, 0.3) is 0 Å². The molecule has 1 aromatic carbocycles. The van der Waals surface area contributed by atoms with Crippen LogP contribution in [0.5, 0.6) is 5.75 Å². The molecule has 0 aliphatic carbocycles. The van der Waals surface area contributed by atoms with Crippen LogP contribution < -0.4 is 10.1 Å². The van der Waals surface area contributed by atoms with Gasteiger partial charge in [-0.05, 0) is 37.5 Å². The fraction of sp³-hybridized carbons (Fsp3) is 0.647. The second kappa shape index (κ2) is 8.04. The highest BCUT2D eigenvalue weighted by atomic mass is 35.5. The molecule has 0 radical (unpaired) electrons. The summed E-state index contributed by atoms with van der Waals surface area (Å²) in [5.74, 6) is 0.742. The zero-order chi connectivity index (χ0) is 16.2. The lowest BCUT2D eigenvalue weighted by Crippen LogP contribution is -2.48. The second-order valence-corrected chi connectivity index (χ2v) is 7.08. The maximum absolute atomic E-state index is 6.33. The molecule has 23 heavy (non-hydrogen) atoms. The molecule has 0 saturated carbocycles. The fourth-order valence-corrected chi connectivity index (χ4v) is 3.56. The molecule has 0 amide bonds. The van der Waals surface area contributed by atoms with Crippen LogP contribution in [0.25, 0.3) is 0 Å². The molecule has 4 nitrogen and oxygen atoms in total. The van der Waals surface area contributed by atoms with Crippen LogP contribution in [0, 0.1) is 6.92 Å². The lowest BCUT2D eigenvalue weighted by Gasteiger charge is -2.35. The summed E-state index contributed by atoms with van der Waals surface area (Å²) in [6, 6.07) is 3.71. The van der Waals surface area contributed by atoms with Crippen molar-refractivity contribution in [3.05, 3.63) is 27.7 Å². The summed E-state index contributed by atoms with van der Waals surface area (Å²) in [5.41, 5.74) is 0.880. The molecule has 2 heterocycles. The third-order valence-electron chi connectivity index (χ3n) is 4.58. The number of halogens is 2. The van der Waals surface area contributed by atoms with Gasteiger partial charge in [0.15, 0.2) is 0 Å². The number of hydrogen-bond acceptors (Lipinski definition) is 4. The van der Waals surface area contributed by atoms with Crippen molar-refractivity contribution in [1.82, 2.24) is 10.2 Å². The maximum atomic E-state index is 6.33. The van der Waals surface area contributed by atoms with E-state index < -0.39 is 0 Å². The molecule has 2 aliphatic rings. The number of piperidine rings is 1. The second-order valence-electron chi connectivity index (χ2n) is 6.30. The van der Waals surface area contributed by atoms with Crippen LogP contribution in [-0.2, 0) is 4.74 Å². The molecule has 0 spiro atoms. The largest absolute Gasteiger partial charge is 0.489 e. The molecule has 128 valence electrons. The van der Waals surface area contributed by atoms with E-state index in [0.717, 1.165) is 63.5 Å². The van der Waals surface area contributed by atoms with Crippen molar-refractivity contribution in [3.63, 3.8) is 0 Å². The number of ether oxygens (including phenoxy) is 2. The predicted octanol–water partition coefficient (Wildman–Crippen LogP) is 3.13. The molecular weight excluding hydrogens is 335 g/mol. The molecule has 1 N–H and O–H groups in total. The fourth-order valence-electron chi connectivity index (χ4n) is 3.14. The van der Waals surface area contributed by atoms with Gasteiger partial charge in [-0.25, -0.2) is 0 Å². The molecular formula is C17H24Cl2N2O2. The Morgan fingerprint density at radius 2 is 2.09 bits per heavy atom. The van der Waals surface area contributed by atoms with Gasteiger partial charge in [-0.3, -0.25) is 0 Å². The van der Waals surface area contributed by atoms with E-state index in [1.165, 1.54) is 0 Å². The van der Waals surface area contributed by atoms with Gasteiger partial charge in [0, 0.05) is 37.7 Å². The van der Waals surface area contributed by atoms with E-state index in [1.807, 2.05) is 19.1 Å². The van der Waals surface area contributed by atoms with E-state index in [4.69, 9.17) is 32.7 Å². The van der Waals surface area contributed by atoms with Gasteiger partial charge in [0.05, 0.1) is 17.7 Å². The molecule has 3 rings (SSSR count). The van der Waals surface area contributed by atoms with Crippen molar-refractivity contribution >= 4 is 23.2 Å². The smallest absolute Gasteiger partial charge is 0.138 e. The van der Waals surface area contributed by atoms with Crippen molar-refractivity contribution in [1.29, 1.82) is 0 Å². The van der Waals surface area contributed by atoms with Crippen LogP contribution in [0.4, 0.5) is 0 Å². The molecule has 2 aliphatic heterocycles. The average molecular weight is 359 g/mol. The maximum Gasteiger partial charge on any atom is 0.138 e. The van der Waals surface area contributed by atoms with E-state index in [1.54, 1.807) is 0 Å². The predicted molar refractivity (Wildman–Crippen MR) is 93.9 cm³/mol. The summed E-state index contributed by atoms with van der Waals surface area (Å²) < 4.78 is 11.9. The number of nitrogens with one attached hydrogen (secondary N) is 1. The molecule has 0 unspecified atom stereocenters. The van der Waals surface area contributed by atoms with Crippen LogP contribution in [0.3, 0.4) is 0 Å². The Hall–Kier alpha value is -0.520. The van der Waals surface area contributed by atoms with Crippen molar-refractivity contribution in [2.24, 2.45) is 0 Å². The van der Waals surface area contributed by atoms with Gasteiger partial charge >= 0.3 is 0 Å². The summed E-state index contributed by atoms with van der Waals surface area (Å²) in [6.45, 7) is 7.73. The summed E-state index contributed by atoms with van der Waals surface area (Å²) in [7, 11) is 0. The van der Waals surface area contributed by atoms with Gasteiger partial charge in [0.2, 0.25) is 0 Å². The summed E-state index contributed by atoms with van der Waals surface area (Å²) in [4.78, 5) is 2.46. The van der Waals surface area contributed by atoms with E-state index in [9.17, 15) is 0 Å². The highest BCUT2D eigenvalue weighted by molar-refractivity contribution is 6.36. The molecule has 1 aromatic rings. The lowest BCUT2D eigenvalue weighted by molar-refractivity contribution is -0.00562. The number of nitrogens with zero attached hydrogens (tertiary/aromatic N) is 1. The summed E-state index contributed by atoms with van der Waals surface area (Å²) in [5, 5.41) is 4.69. The molecule has 6 heteroatoms. The number of hydrogen-bond donors (Lipinski definition) is 1. The summed E-state index contributed by atoms with van der Waals surface area (Å²) >= 11 is 12.4. The average Bonchev–Trinajstić information content (AvgIpc) is 2.58. The first-order valence-electron chi connectivity index (χ1n) is 8.29. The van der Waals surface area contributed by atoms with Crippen LogP contribution in [0.1, 0.15) is 18.4 Å². The topological polar surface area (TPSA) is 33.7 Å². The van der Waals surface area contributed by atoms with Crippen molar-refractivity contribution in [3.8, 4) is 5.75 Å². The van der Waals surface area contributed by atoms with Crippen LogP contribution in [-0.4, -0.2) is 56.4 Å². The molecule has 1 atom stereocenters. The number of rotatable bonds is 4. The first-order valence-corrected chi connectivity index (χ1v) is 9.05. The standard InChI is InChI=1S/C17H24Cl2N2O2/c1-12-15(18)2-3-16(17(12)19)23-13-4-7-21(8-5-13)11-14-10-20-6-9-22-14/h2-3,13-14,20H,4-11H2,1H3/t14-/m0/s1. The Morgan fingerprint density at radius 1 is 1.30 bits per heavy atom. The minimum absolute atomic E-state index is 0.217. The van der Waals surface area contributed by atoms with Gasteiger partial charge in [-0.1, -0.05) is 23.2 Å². The SMILES string of the molecule is Cc1c(Cl)ccc(OC2CCN(C[C@@H]3CNCCO3)CC2)c1Cl. The number of benzene rings is 1. The lowest BCUT2D eigenvalue weighted by atomic mass is 10.1. The Balaban J connectivity index is 1.48. The van der Waals surface area contributed by atoms with Crippen molar-refractivity contribution < 1.29 is 9.47 Å². The zero-order valence-electron chi connectivity index (χ0n) is 13.5. The van der Waals surface area contributed by atoms with E-state index in [2.05, 4.69) is 10.2 Å². The van der Waals surface area contributed by atoms with Crippen LogP contribution >= 0.6 is 23.2 Å². The minimum atomic E-state index is 0.217. The van der Waals surface area contributed by atoms with E-state index in [-0.39, 0.29) is 6.10 Å². The van der Waals surface area contributed by atoms with Gasteiger partial charge in [-0.15, -0.1) is 0 Å². The van der Waals surface area contributed by atoms with E-state index >= 15 is 0 Å². The van der Waals surface area contributed by atoms with Crippen LogP contribution in [0.2, 0.25) is 10.0 Å². The van der Waals surface area contributed by atoms with Gasteiger partial charge in [-0.2, -0.15) is 0 Å². The Morgan fingerprint density at radius 3 is 2.78 bits per heavy atom. The Labute approximate surface area is 148 Å². The van der Waals surface area contributed by atoms with Crippen molar-refractivity contribution in [2.75, 3.05) is 39.3 Å². The normalized spacial score (nSPS) is 23.9. The molecule has 0 aromatic heterocycles.